The van der Waals surface area contributed by atoms with Crippen LogP contribution in [0.4, 0.5) is 10.1 Å². The first-order valence-corrected chi connectivity index (χ1v) is 11.6. The summed E-state index contributed by atoms with van der Waals surface area (Å²) in [6, 6.07) is 10.6. The molecule has 26 heavy (non-hydrogen) atoms. The average Bonchev–Trinajstić information content (AvgIpc) is 3.10. The molecular weight excluding hydrogens is 377 g/mol. The van der Waals surface area contributed by atoms with Crippen LogP contribution < -0.4 is 4.31 Å². The first kappa shape index (κ1) is 18.8. The maximum absolute atomic E-state index is 14.4. The van der Waals surface area contributed by atoms with Crippen molar-refractivity contribution in [2.45, 2.75) is 41.5 Å². The monoisotopic (exact) mass is 397 g/mol. The molecule has 2 aromatic rings. The standard InChI is InChI=1S/C18H20FNO4S2/c1-25(21,22)15-9-6-10-16(13-15)26(23,24)20(14-7-2-3-8-14)18-12-5-4-11-17(18)19/h4-6,9-14H,2-3,7-8H2,1H3. The van der Waals surface area contributed by atoms with E-state index < -0.39 is 25.7 Å². The van der Waals surface area contributed by atoms with Gasteiger partial charge in [-0.1, -0.05) is 31.0 Å². The Hall–Kier alpha value is -1.93. The highest BCUT2D eigenvalue weighted by Crippen LogP contribution is 2.35. The Balaban J connectivity index is 2.16. The fourth-order valence-electron chi connectivity index (χ4n) is 3.27. The third kappa shape index (κ3) is 3.61. The molecule has 0 bridgehead atoms. The molecule has 1 aliphatic rings. The van der Waals surface area contributed by atoms with Gasteiger partial charge in [-0.15, -0.1) is 0 Å². The molecule has 0 unspecified atom stereocenters. The van der Waals surface area contributed by atoms with Crippen LogP contribution in [0, 0.1) is 5.82 Å². The Morgan fingerprint density at radius 2 is 1.54 bits per heavy atom. The molecule has 0 atom stereocenters. The fraction of sp³-hybridized carbons (Fsp3) is 0.333. The quantitative estimate of drug-likeness (QED) is 0.776. The molecule has 5 nitrogen and oxygen atoms in total. The van der Waals surface area contributed by atoms with Gasteiger partial charge >= 0.3 is 0 Å². The lowest BCUT2D eigenvalue weighted by atomic mass is 10.2. The maximum Gasteiger partial charge on any atom is 0.264 e. The zero-order valence-electron chi connectivity index (χ0n) is 14.3. The predicted octanol–water partition coefficient (Wildman–Crippen LogP) is 3.37. The third-order valence-corrected chi connectivity index (χ3v) is 7.51. The van der Waals surface area contributed by atoms with E-state index in [4.69, 9.17) is 0 Å². The first-order valence-electron chi connectivity index (χ1n) is 8.30. The zero-order valence-corrected chi connectivity index (χ0v) is 15.9. The van der Waals surface area contributed by atoms with Crippen LogP contribution in [0.25, 0.3) is 0 Å². The summed E-state index contributed by atoms with van der Waals surface area (Å²) in [5.74, 6) is -0.623. The van der Waals surface area contributed by atoms with E-state index in [0.717, 1.165) is 29.5 Å². The number of benzene rings is 2. The molecular formula is C18H20FNO4S2. The summed E-state index contributed by atoms with van der Waals surface area (Å²) in [7, 11) is -7.67. The summed E-state index contributed by atoms with van der Waals surface area (Å²) in [5.41, 5.74) is -0.0100. The number of sulfonamides is 1. The lowest BCUT2D eigenvalue weighted by Crippen LogP contribution is -2.39. The summed E-state index contributed by atoms with van der Waals surface area (Å²) in [6.45, 7) is 0. The minimum atomic E-state index is -4.11. The molecule has 0 spiro atoms. The molecule has 0 N–H and O–H groups in total. The topological polar surface area (TPSA) is 71.5 Å². The van der Waals surface area contributed by atoms with Crippen LogP contribution in [-0.4, -0.2) is 29.1 Å². The average molecular weight is 397 g/mol. The van der Waals surface area contributed by atoms with Crippen molar-refractivity contribution < 1.29 is 21.2 Å². The van der Waals surface area contributed by atoms with Crippen molar-refractivity contribution in [3.63, 3.8) is 0 Å². The zero-order chi connectivity index (χ0) is 18.9. The van der Waals surface area contributed by atoms with Crippen LogP contribution in [0.5, 0.6) is 0 Å². The third-order valence-electron chi connectivity index (χ3n) is 4.54. The van der Waals surface area contributed by atoms with E-state index in [1.807, 2.05) is 0 Å². The Morgan fingerprint density at radius 3 is 2.15 bits per heavy atom. The van der Waals surface area contributed by atoms with E-state index in [9.17, 15) is 21.2 Å². The molecule has 2 aromatic carbocycles. The molecule has 0 aromatic heterocycles. The van der Waals surface area contributed by atoms with E-state index in [0.29, 0.717) is 12.8 Å². The smallest absolute Gasteiger partial charge is 0.260 e. The lowest BCUT2D eigenvalue weighted by Gasteiger charge is -2.30. The number of hydrogen-bond acceptors (Lipinski definition) is 4. The molecule has 1 saturated carbocycles. The summed E-state index contributed by atoms with van der Waals surface area (Å²) < 4.78 is 65.7. The number of rotatable bonds is 5. The summed E-state index contributed by atoms with van der Waals surface area (Å²) in [5, 5.41) is 0. The van der Waals surface area contributed by atoms with Crippen LogP contribution >= 0.6 is 0 Å². The highest BCUT2D eigenvalue weighted by atomic mass is 32.2. The largest absolute Gasteiger partial charge is 0.264 e. The van der Waals surface area contributed by atoms with Crippen LogP contribution in [-0.2, 0) is 19.9 Å². The molecule has 8 heteroatoms. The van der Waals surface area contributed by atoms with Crippen LogP contribution in [0.1, 0.15) is 25.7 Å². The minimum Gasteiger partial charge on any atom is -0.260 e. The maximum atomic E-state index is 14.4. The Kier molecular flexibility index (Phi) is 5.07. The van der Waals surface area contributed by atoms with Crippen LogP contribution in [0.2, 0.25) is 0 Å². The highest BCUT2D eigenvalue weighted by molar-refractivity contribution is 7.93. The molecule has 0 saturated heterocycles. The van der Waals surface area contributed by atoms with Crippen molar-refractivity contribution in [2.75, 3.05) is 10.6 Å². The second kappa shape index (κ2) is 7.00. The number of anilines is 1. The molecule has 0 amide bonds. The van der Waals surface area contributed by atoms with Gasteiger partial charge in [0.2, 0.25) is 0 Å². The Bertz CT molecular complexity index is 1010. The normalized spacial score (nSPS) is 15.9. The summed E-state index contributed by atoms with van der Waals surface area (Å²) in [4.78, 5) is -0.242. The van der Waals surface area contributed by atoms with Crippen molar-refractivity contribution in [1.29, 1.82) is 0 Å². The van der Waals surface area contributed by atoms with E-state index in [1.54, 1.807) is 6.07 Å². The van der Waals surface area contributed by atoms with E-state index in [1.165, 1.54) is 36.4 Å². The molecule has 3 rings (SSSR count). The van der Waals surface area contributed by atoms with Crippen LogP contribution in [0.3, 0.4) is 0 Å². The van der Waals surface area contributed by atoms with Gasteiger partial charge in [-0.3, -0.25) is 4.31 Å². The van der Waals surface area contributed by atoms with E-state index in [-0.39, 0.29) is 21.5 Å². The highest BCUT2D eigenvalue weighted by Gasteiger charge is 2.35. The number of nitrogens with zero attached hydrogens (tertiary/aromatic N) is 1. The van der Waals surface area contributed by atoms with Crippen LogP contribution in [0.15, 0.2) is 58.3 Å². The van der Waals surface area contributed by atoms with Gasteiger partial charge in [0.1, 0.15) is 5.82 Å². The van der Waals surface area contributed by atoms with Gasteiger partial charge in [-0.05, 0) is 43.2 Å². The predicted molar refractivity (Wildman–Crippen MR) is 97.9 cm³/mol. The Labute approximate surface area is 153 Å². The minimum absolute atomic E-state index is 0.0100. The second-order valence-electron chi connectivity index (χ2n) is 6.44. The molecule has 140 valence electrons. The molecule has 0 radical (unpaired) electrons. The molecule has 1 fully saturated rings. The first-order chi connectivity index (χ1) is 12.2. The van der Waals surface area contributed by atoms with Gasteiger partial charge < -0.3 is 0 Å². The number of hydrogen-bond donors (Lipinski definition) is 0. The fourth-order valence-corrected chi connectivity index (χ4v) is 5.78. The van der Waals surface area contributed by atoms with Crippen molar-refractivity contribution in [3.05, 3.63) is 54.3 Å². The Morgan fingerprint density at radius 1 is 0.923 bits per heavy atom. The van der Waals surface area contributed by atoms with E-state index in [2.05, 4.69) is 0 Å². The lowest BCUT2D eigenvalue weighted by molar-refractivity contribution is 0.565. The molecule has 1 aliphatic carbocycles. The van der Waals surface area contributed by atoms with Gasteiger partial charge in [0.15, 0.2) is 9.84 Å². The number of sulfone groups is 1. The van der Waals surface area contributed by atoms with Gasteiger partial charge in [-0.2, -0.15) is 0 Å². The van der Waals surface area contributed by atoms with Gasteiger partial charge in [0, 0.05) is 12.3 Å². The molecule has 0 heterocycles. The van der Waals surface area contributed by atoms with Gasteiger partial charge in [0.05, 0.1) is 15.5 Å². The van der Waals surface area contributed by atoms with Crippen molar-refractivity contribution >= 4 is 25.5 Å². The van der Waals surface area contributed by atoms with E-state index >= 15 is 0 Å². The summed E-state index contributed by atoms with van der Waals surface area (Å²) in [6.07, 6.45) is 4.03. The van der Waals surface area contributed by atoms with Gasteiger partial charge in [0.25, 0.3) is 10.0 Å². The van der Waals surface area contributed by atoms with Crippen molar-refractivity contribution in [1.82, 2.24) is 0 Å². The van der Waals surface area contributed by atoms with Crippen molar-refractivity contribution in [2.24, 2.45) is 0 Å². The number of para-hydroxylation sites is 1. The summed E-state index contributed by atoms with van der Waals surface area (Å²) >= 11 is 0. The number of halogens is 1. The second-order valence-corrected chi connectivity index (χ2v) is 10.3. The van der Waals surface area contributed by atoms with Crippen molar-refractivity contribution in [3.8, 4) is 0 Å². The van der Waals surface area contributed by atoms with Gasteiger partial charge in [-0.25, -0.2) is 21.2 Å². The molecule has 0 aliphatic heterocycles. The SMILES string of the molecule is CS(=O)(=O)c1cccc(S(=O)(=O)N(c2ccccc2F)C2CCCC2)c1.